The smallest absolute Gasteiger partial charge is 0.315 e. The maximum atomic E-state index is 11.5. The van der Waals surface area contributed by atoms with E-state index in [4.69, 9.17) is 10.8 Å². The molecule has 3 amide bonds. The maximum Gasteiger partial charge on any atom is 0.315 e. The molecule has 0 radical (unpaired) electrons. The zero-order chi connectivity index (χ0) is 15.1. The molecule has 0 aromatic carbocycles. The number of urea groups is 1. The number of hydrogen-bond acceptors (Lipinski definition) is 3. The summed E-state index contributed by atoms with van der Waals surface area (Å²) in [7, 11) is 0. The van der Waals surface area contributed by atoms with Gasteiger partial charge in [0, 0.05) is 18.5 Å². The van der Waals surface area contributed by atoms with Crippen LogP contribution in [0.5, 0.6) is 0 Å². The van der Waals surface area contributed by atoms with Gasteiger partial charge in [0.2, 0.25) is 5.91 Å². The van der Waals surface area contributed by atoms with E-state index in [0.717, 1.165) is 0 Å². The van der Waals surface area contributed by atoms with Crippen molar-refractivity contribution >= 4 is 17.9 Å². The van der Waals surface area contributed by atoms with Crippen LogP contribution in [0.1, 0.15) is 40.0 Å². The summed E-state index contributed by atoms with van der Waals surface area (Å²) in [6.45, 7) is 5.40. The van der Waals surface area contributed by atoms with Crippen LogP contribution in [0, 0.1) is 5.92 Å². The minimum atomic E-state index is -0.841. The van der Waals surface area contributed by atoms with Crippen molar-refractivity contribution in [1.29, 1.82) is 0 Å². The first kappa shape index (κ1) is 17.2. The van der Waals surface area contributed by atoms with Crippen LogP contribution in [-0.2, 0) is 9.59 Å². The average molecular weight is 273 g/mol. The third-order valence-electron chi connectivity index (χ3n) is 2.59. The Morgan fingerprint density at radius 1 is 1.32 bits per heavy atom. The lowest BCUT2D eigenvalue weighted by Crippen LogP contribution is -2.50. The number of amides is 3. The molecule has 7 heteroatoms. The van der Waals surface area contributed by atoms with Crippen molar-refractivity contribution in [3.8, 4) is 0 Å². The summed E-state index contributed by atoms with van der Waals surface area (Å²) in [5.74, 6) is -1.75. The highest BCUT2D eigenvalue weighted by Gasteiger charge is 2.22. The van der Waals surface area contributed by atoms with Gasteiger partial charge < -0.3 is 21.5 Å². The Kier molecular flexibility index (Phi) is 6.89. The van der Waals surface area contributed by atoms with Crippen molar-refractivity contribution in [2.24, 2.45) is 11.7 Å². The van der Waals surface area contributed by atoms with E-state index in [9.17, 15) is 14.4 Å². The predicted octanol–water partition coefficient (Wildman–Crippen LogP) is 0.441. The van der Waals surface area contributed by atoms with Gasteiger partial charge in [-0.2, -0.15) is 0 Å². The van der Waals surface area contributed by atoms with Gasteiger partial charge >= 0.3 is 12.0 Å². The van der Waals surface area contributed by atoms with Crippen LogP contribution in [-0.4, -0.2) is 35.1 Å². The van der Waals surface area contributed by atoms with Crippen LogP contribution in [0.4, 0.5) is 4.79 Å². The number of carboxylic acid groups (broad SMARTS) is 1. The molecule has 0 aromatic rings. The molecular weight excluding hydrogens is 250 g/mol. The molecule has 0 rings (SSSR count). The lowest BCUT2D eigenvalue weighted by Gasteiger charge is -2.24. The summed E-state index contributed by atoms with van der Waals surface area (Å²) in [5.41, 5.74) is 4.37. The van der Waals surface area contributed by atoms with E-state index in [-0.39, 0.29) is 6.42 Å². The SMILES string of the molecule is CC(CCCNC(=O)NC(C)(C)CC(N)=O)C(=O)O. The fourth-order valence-corrected chi connectivity index (χ4v) is 1.56. The Morgan fingerprint density at radius 3 is 2.37 bits per heavy atom. The highest BCUT2D eigenvalue weighted by Crippen LogP contribution is 2.07. The van der Waals surface area contributed by atoms with Crippen LogP contribution < -0.4 is 16.4 Å². The normalized spacial score (nSPS) is 12.6. The van der Waals surface area contributed by atoms with E-state index in [1.165, 1.54) is 0 Å². The van der Waals surface area contributed by atoms with E-state index < -0.39 is 29.4 Å². The summed E-state index contributed by atoms with van der Waals surface area (Å²) in [5, 5.41) is 13.9. The first-order valence-corrected chi connectivity index (χ1v) is 6.21. The van der Waals surface area contributed by atoms with Gasteiger partial charge in [0.05, 0.1) is 5.92 Å². The number of aliphatic carboxylic acids is 1. The third kappa shape index (κ3) is 8.87. The van der Waals surface area contributed by atoms with E-state index >= 15 is 0 Å². The highest BCUT2D eigenvalue weighted by atomic mass is 16.4. The second-order valence-corrected chi connectivity index (χ2v) is 5.29. The van der Waals surface area contributed by atoms with Crippen LogP contribution >= 0.6 is 0 Å². The second kappa shape index (κ2) is 7.60. The number of carbonyl (C=O) groups excluding carboxylic acids is 2. The topological polar surface area (TPSA) is 122 Å². The largest absolute Gasteiger partial charge is 0.481 e. The fraction of sp³-hybridized carbons (Fsp3) is 0.750. The van der Waals surface area contributed by atoms with Gasteiger partial charge in [0.15, 0.2) is 0 Å². The standard InChI is InChI=1S/C12H23N3O4/c1-8(10(17)18)5-4-6-14-11(19)15-12(2,3)7-9(13)16/h8H,4-7H2,1-3H3,(H2,13,16)(H,17,18)(H2,14,15,19). The molecule has 0 aromatic heterocycles. The molecule has 0 aliphatic rings. The van der Waals surface area contributed by atoms with Crippen molar-refractivity contribution in [3.63, 3.8) is 0 Å². The van der Waals surface area contributed by atoms with Crippen LogP contribution in [0.3, 0.4) is 0 Å². The zero-order valence-corrected chi connectivity index (χ0v) is 11.7. The van der Waals surface area contributed by atoms with Gasteiger partial charge in [-0.1, -0.05) is 6.92 Å². The van der Waals surface area contributed by atoms with E-state index in [1.54, 1.807) is 20.8 Å². The number of carbonyl (C=O) groups is 3. The predicted molar refractivity (Wildman–Crippen MR) is 70.5 cm³/mol. The minimum absolute atomic E-state index is 0.0521. The first-order valence-electron chi connectivity index (χ1n) is 6.21. The number of nitrogens with one attached hydrogen (secondary N) is 2. The molecular formula is C12H23N3O4. The molecule has 0 aliphatic carbocycles. The molecule has 0 spiro atoms. The number of rotatable bonds is 8. The van der Waals surface area contributed by atoms with Gasteiger partial charge in [-0.3, -0.25) is 9.59 Å². The van der Waals surface area contributed by atoms with E-state index in [2.05, 4.69) is 10.6 Å². The zero-order valence-electron chi connectivity index (χ0n) is 11.7. The van der Waals surface area contributed by atoms with Gasteiger partial charge in [-0.15, -0.1) is 0 Å². The fourth-order valence-electron chi connectivity index (χ4n) is 1.56. The molecule has 1 atom stereocenters. The molecule has 0 heterocycles. The van der Waals surface area contributed by atoms with Gasteiger partial charge in [0.1, 0.15) is 0 Å². The summed E-state index contributed by atoms with van der Waals surface area (Å²) in [6, 6.07) is -0.394. The van der Waals surface area contributed by atoms with Gasteiger partial charge in [-0.25, -0.2) is 4.79 Å². The molecule has 0 fully saturated rings. The molecule has 5 N–H and O–H groups in total. The number of nitrogens with two attached hydrogens (primary N) is 1. The van der Waals surface area contributed by atoms with Crippen molar-refractivity contribution in [1.82, 2.24) is 10.6 Å². The Morgan fingerprint density at radius 2 is 1.89 bits per heavy atom. The monoisotopic (exact) mass is 273 g/mol. The lowest BCUT2D eigenvalue weighted by molar-refractivity contribution is -0.141. The van der Waals surface area contributed by atoms with Crippen molar-refractivity contribution in [2.75, 3.05) is 6.54 Å². The second-order valence-electron chi connectivity index (χ2n) is 5.29. The third-order valence-corrected chi connectivity index (χ3v) is 2.59. The molecule has 0 bridgehead atoms. The summed E-state index contributed by atoms with van der Waals surface area (Å²) in [4.78, 5) is 32.9. The van der Waals surface area contributed by atoms with Gasteiger partial charge in [0.25, 0.3) is 0 Å². The Bertz CT molecular complexity index is 342. The highest BCUT2D eigenvalue weighted by molar-refractivity contribution is 5.78. The Labute approximate surface area is 112 Å². The van der Waals surface area contributed by atoms with Crippen LogP contribution in [0.2, 0.25) is 0 Å². The maximum absolute atomic E-state index is 11.5. The summed E-state index contributed by atoms with van der Waals surface area (Å²) < 4.78 is 0. The first-order chi connectivity index (χ1) is 8.64. The average Bonchev–Trinajstić information content (AvgIpc) is 2.20. The summed E-state index contributed by atoms with van der Waals surface area (Å²) in [6.07, 6.45) is 1.13. The van der Waals surface area contributed by atoms with Gasteiger partial charge in [-0.05, 0) is 26.7 Å². The van der Waals surface area contributed by atoms with Crippen LogP contribution in [0.15, 0.2) is 0 Å². The van der Waals surface area contributed by atoms with E-state index in [0.29, 0.717) is 19.4 Å². The molecule has 0 saturated heterocycles. The molecule has 0 saturated carbocycles. The molecule has 19 heavy (non-hydrogen) atoms. The quantitative estimate of drug-likeness (QED) is 0.479. The van der Waals surface area contributed by atoms with Crippen molar-refractivity contribution < 1.29 is 19.5 Å². The minimum Gasteiger partial charge on any atom is -0.481 e. The van der Waals surface area contributed by atoms with Crippen molar-refractivity contribution in [3.05, 3.63) is 0 Å². The molecule has 0 aliphatic heterocycles. The van der Waals surface area contributed by atoms with E-state index in [1.807, 2.05) is 0 Å². The lowest BCUT2D eigenvalue weighted by atomic mass is 10.0. The molecule has 110 valence electrons. The molecule has 7 nitrogen and oxygen atoms in total. The molecule has 1 unspecified atom stereocenters. The van der Waals surface area contributed by atoms with Crippen LogP contribution in [0.25, 0.3) is 0 Å². The number of primary amides is 1. The summed E-state index contributed by atoms with van der Waals surface area (Å²) >= 11 is 0. The number of carboxylic acids is 1. The number of hydrogen-bond donors (Lipinski definition) is 4. The van der Waals surface area contributed by atoms with Crippen molar-refractivity contribution in [2.45, 2.75) is 45.6 Å². The Balaban J connectivity index is 3.87. The Hall–Kier alpha value is -1.79.